The van der Waals surface area contributed by atoms with Gasteiger partial charge < -0.3 is 4.90 Å². The molecule has 1 saturated heterocycles. The summed E-state index contributed by atoms with van der Waals surface area (Å²) in [4.78, 5) is 22.3. The lowest BCUT2D eigenvalue weighted by Gasteiger charge is -2.14. The number of carbonyl (C=O) groups excluding carboxylic acids is 1. The van der Waals surface area contributed by atoms with Crippen molar-refractivity contribution in [2.45, 2.75) is 31.7 Å². The number of thioether (sulfide) groups is 1. The summed E-state index contributed by atoms with van der Waals surface area (Å²) in [5.74, 6) is 1.47. The van der Waals surface area contributed by atoms with E-state index in [2.05, 4.69) is 9.97 Å². The minimum atomic E-state index is 0.224. The Kier molecular flexibility index (Phi) is 3.99. The second-order valence-electron chi connectivity index (χ2n) is 4.27. The first kappa shape index (κ1) is 12.4. The molecule has 17 heavy (non-hydrogen) atoms. The normalized spacial score (nSPS) is 15.3. The van der Waals surface area contributed by atoms with Crippen LogP contribution in [0.5, 0.6) is 0 Å². The summed E-state index contributed by atoms with van der Waals surface area (Å²) in [7, 11) is 0. The number of hydrogen-bond donors (Lipinski definition) is 0. The molecular weight excluding hydrogens is 234 g/mol. The number of aromatic nitrogens is 2. The zero-order valence-electron chi connectivity index (χ0n) is 10.3. The van der Waals surface area contributed by atoms with Crippen molar-refractivity contribution in [1.29, 1.82) is 0 Å². The first-order chi connectivity index (χ1) is 8.15. The summed E-state index contributed by atoms with van der Waals surface area (Å²) in [5.41, 5.74) is 0.952. The van der Waals surface area contributed by atoms with Crippen LogP contribution < -0.4 is 0 Å². The number of rotatable bonds is 3. The molecular formula is C12H17N3OS. The molecule has 0 saturated carbocycles. The van der Waals surface area contributed by atoms with Crippen molar-refractivity contribution < 1.29 is 4.79 Å². The number of nitrogens with zero attached hydrogens (tertiary/aromatic N) is 3. The minimum Gasteiger partial charge on any atom is -0.342 e. The van der Waals surface area contributed by atoms with Crippen molar-refractivity contribution in [3.8, 4) is 0 Å². The molecule has 0 N–H and O–H groups in total. The van der Waals surface area contributed by atoms with Gasteiger partial charge in [0.15, 0.2) is 0 Å². The Balaban J connectivity index is 1.90. The first-order valence-corrected chi connectivity index (χ1v) is 6.86. The van der Waals surface area contributed by atoms with Crippen LogP contribution in [-0.4, -0.2) is 39.6 Å². The van der Waals surface area contributed by atoms with E-state index in [1.165, 1.54) is 11.8 Å². The Bertz CT molecular complexity index is 396. The van der Waals surface area contributed by atoms with Gasteiger partial charge in [-0.1, -0.05) is 11.8 Å². The van der Waals surface area contributed by atoms with Gasteiger partial charge >= 0.3 is 0 Å². The monoisotopic (exact) mass is 251 g/mol. The molecule has 2 rings (SSSR count). The molecule has 1 aromatic heterocycles. The smallest absolute Gasteiger partial charge is 0.232 e. The Labute approximate surface area is 106 Å². The molecule has 1 aromatic rings. The van der Waals surface area contributed by atoms with Gasteiger partial charge in [-0.3, -0.25) is 4.79 Å². The molecule has 1 amide bonds. The predicted octanol–water partition coefficient (Wildman–Crippen LogP) is 1.81. The van der Waals surface area contributed by atoms with Crippen LogP contribution >= 0.6 is 11.8 Å². The van der Waals surface area contributed by atoms with E-state index in [0.29, 0.717) is 5.75 Å². The van der Waals surface area contributed by atoms with E-state index in [-0.39, 0.29) is 5.91 Å². The molecule has 4 nitrogen and oxygen atoms in total. The molecule has 0 unspecified atom stereocenters. The maximum Gasteiger partial charge on any atom is 0.232 e. The largest absolute Gasteiger partial charge is 0.342 e. The zero-order valence-corrected chi connectivity index (χ0v) is 11.1. The second kappa shape index (κ2) is 5.49. The third-order valence-corrected chi connectivity index (χ3v) is 3.64. The van der Waals surface area contributed by atoms with Crippen LogP contribution in [0.1, 0.15) is 24.4 Å². The highest BCUT2D eigenvalue weighted by atomic mass is 32.2. The van der Waals surface area contributed by atoms with Gasteiger partial charge in [-0.15, -0.1) is 0 Å². The number of aryl methyl sites for hydroxylation is 2. The average Bonchev–Trinajstić information content (AvgIpc) is 2.78. The minimum absolute atomic E-state index is 0.224. The molecule has 5 heteroatoms. The standard InChI is InChI=1S/C12H17N3OS/c1-9-7-11(14-10(2)13-9)17-8-12(16)15-5-3-4-6-15/h7H,3-6,8H2,1-2H3. The van der Waals surface area contributed by atoms with E-state index in [9.17, 15) is 4.79 Å². The van der Waals surface area contributed by atoms with E-state index < -0.39 is 0 Å². The van der Waals surface area contributed by atoms with Crippen molar-refractivity contribution >= 4 is 17.7 Å². The molecule has 0 aliphatic carbocycles. The van der Waals surface area contributed by atoms with Crippen LogP contribution in [0.25, 0.3) is 0 Å². The summed E-state index contributed by atoms with van der Waals surface area (Å²) in [6.07, 6.45) is 2.28. The van der Waals surface area contributed by atoms with Gasteiger partial charge in [0.2, 0.25) is 5.91 Å². The van der Waals surface area contributed by atoms with Crippen molar-refractivity contribution in [1.82, 2.24) is 14.9 Å². The Morgan fingerprint density at radius 3 is 2.71 bits per heavy atom. The van der Waals surface area contributed by atoms with Crippen molar-refractivity contribution in [3.63, 3.8) is 0 Å². The first-order valence-electron chi connectivity index (χ1n) is 5.88. The molecule has 1 fully saturated rings. The molecule has 1 aliphatic rings. The average molecular weight is 251 g/mol. The van der Waals surface area contributed by atoms with E-state index in [1.54, 1.807) is 0 Å². The molecule has 0 bridgehead atoms. The summed E-state index contributed by atoms with van der Waals surface area (Å²) >= 11 is 1.50. The highest BCUT2D eigenvalue weighted by Gasteiger charge is 2.17. The summed E-state index contributed by atoms with van der Waals surface area (Å²) in [5, 5.41) is 0.891. The fraction of sp³-hybridized carbons (Fsp3) is 0.583. The molecule has 0 atom stereocenters. The lowest BCUT2D eigenvalue weighted by atomic mass is 10.4. The summed E-state index contributed by atoms with van der Waals surface area (Å²) < 4.78 is 0. The van der Waals surface area contributed by atoms with Gasteiger partial charge in [-0.2, -0.15) is 0 Å². The lowest BCUT2D eigenvalue weighted by molar-refractivity contribution is -0.127. The zero-order chi connectivity index (χ0) is 12.3. The third kappa shape index (κ3) is 3.43. The van der Waals surface area contributed by atoms with Gasteiger partial charge in [0.25, 0.3) is 0 Å². The molecule has 0 aromatic carbocycles. The molecule has 1 aliphatic heterocycles. The SMILES string of the molecule is Cc1cc(SCC(=O)N2CCCC2)nc(C)n1. The highest BCUT2D eigenvalue weighted by Crippen LogP contribution is 2.18. The van der Waals surface area contributed by atoms with Crippen LogP contribution in [-0.2, 0) is 4.79 Å². The number of hydrogen-bond acceptors (Lipinski definition) is 4. The summed E-state index contributed by atoms with van der Waals surface area (Å²) in [6.45, 7) is 5.66. The van der Waals surface area contributed by atoms with Gasteiger partial charge in [0.1, 0.15) is 10.9 Å². The maximum atomic E-state index is 11.9. The van der Waals surface area contributed by atoms with E-state index in [4.69, 9.17) is 0 Å². The second-order valence-corrected chi connectivity index (χ2v) is 5.27. The maximum absolute atomic E-state index is 11.9. The van der Waals surface area contributed by atoms with Crippen LogP contribution in [0.4, 0.5) is 0 Å². The topological polar surface area (TPSA) is 46.1 Å². The third-order valence-electron chi connectivity index (χ3n) is 2.74. The Morgan fingerprint density at radius 2 is 2.06 bits per heavy atom. The number of amides is 1. The molecule has 2 heterocycles. The van der Waals surface area contributed by atoms with Crippen LogP contribution in [0, 0.1) is 13.8 Å². The van der Waals surface area contributed by atoms with Crippen molar-refractivity contribution in [2.75, 3.05) is 18.8 Å². The highest BCUT2D eigenvalue weighted by molar-refractivity contribution is 7.99. The lowest BCUT2D eigenvalue weighted by Crippen LogP contribution is -2.29. The Morgan fingerprint density at radius 1 is 1.35 bits per heavy atom. The van der Waals surface area contributed by atoms with Gasteiger partial charge in [0, 0.05) is 18.8 Å². The van der Waals surface area contributed by atoms with Crippen molar-refractivity contribution in [3.05, 3.63) is 17.6 Å². The van der Waals surface area contributed by atoms with E-state index in [1.807, 2.05) is 24.8 Å². The fourth-order valence-electron chi connectivity index (χ4n) is 1.95. The number of likely N-dealkylation sites (tertiary alicyclic amines) is 1. The van der Waals surface area contributed by atoms with Crippen LogP contribution in [0.2, 0.25) is 0 Å². The van der Waals surface area contributed by atoms with Crippen LogP contribution in [0.15, 0.2) is 11.1 Å². The quantitative estimate of drug-likeness (QED) is 0.607. The molecule has 0 spiro atoms. The Hall–Kier alpha value is -1.10. The summed E-state index contributed by atoms with van der Waals surface area (Å²) in [6, 6.07) is 1.93. The molecule has 0 radical (unpaired) electrons. The number of carbonyl (C=O) groups is 1. The van der Waals surface area contributed by atoms with Gasteiger partial charge in [-0.05, 0) is 32.8 Å². The fourth-order valence-corrected chi connectivity index (χ4v) is 2.85. The van der Waals surface area contributed by atoms with Gasteiger partial charge in [-0.25, -0.2) is 9.97 Å². The molecule has 92 valence electrons. The van der Waals surface area contributed by atoms with E-state index >= 15 is 0 Å². The van der Waals surface area contributed by atoms with Crippen LogP contribution in [0.3, 0.4) is 0 Å². The van der Waals surface area contributed by atoms with Crippen molar-refractivity contribution in [2.24, 2.45) is 0 Å². The predicted molar refractivity (Wildman–Crippen MR) is 68.0 cm³/mol. The van der Waals surface area contributed by atoms with E-state index in [0.717, 1.165) is 42.5 Å². The van der Waals surface area contributed by atoms with Gasteiger partial charge in [0.05, 0.1) is 5.75 Å².